The number of nitrogens with one attached hydrogen (secondary N) is 1. The standard InChI is InChI=1S/C17H15BrN2O2/c18-13-5-3-12(4-6-13)17(22)19-14-7-9-15(10-8-14)20-11-1-2-16(20)21/h3-10H,1-2,11H2,(H,19,22). The lowest BCUT2D eigenvalue weighted by molar-refractivity contribution is -0.117. The Balaban J connectivity index is 1.69. The number of benzene rings is 2. The van der Waals surface area contributed by atoms with E-state index in [1.807, 2.05) is 36.4 Å². The molecule has 112 valence electrons. The molecule has 0 spiro atoms. The van der Waals surface area contributed by atoms with Gasteiger partial charge in [-0.3, -0.25) is 9.59 Å². The summed E-state index contributed by atoms with van der Waals surface area (Å²) in [5.74, 6) is 0.00384. The Hall–Kier alpha value is -2.14. The van der Waals surface area contributed by atoms with Crippen LogP contribution in [-0.2, 0) is 4.79 Å². The first-order chi connectivity index (χ1) is 10.6. The van der Waals surface area contributed by atoms with Gasteiger partial charge in [0.2, 0.25) is 5.91 Å². The number of anilines is 2. The first-order valence-corrected chi connectivity index (χ1v) is 7.90. The van der Waals surface area contributed by atoms with Crippen LogP contribution in [0.15, 0.2) is 53.0 Å². The summed E-state index contributed by atoms with van der Waals surface area (Å²) in [5, 5.41) is 2.85. The van der Waals surface area contributed by atoms with E-state index in [0.29, 0.717) is 17.7 Å². The van der Waals surface area contributed by atoms with Gasteiger partial charge in [0.1, 0.15) is 0 Å². The quantitative estimate of drug-likeness (QED) is 0.906. The van der Waals surface area contributed by atoms with Crippen molar-refractivity contribution in [1.29, 1.82) is 0 Å². The second kappa shape index (κ2) is 6.32. The molecule has 0 unspecified atom stereocenters. The molecule has 0 atom stereocenters. The zero-order chi connectivity index (χ0) is 15.5. The van der Waals surface area contributed by atoms with Gasteiger partial charge in [-0.1, -0.05) is 15.9 Å². The maximum Gasteiger partial charge on any atom is 0.255 e. The maximum atomic E-state index is 12.1. The zero-order valence-corrected chi connectivity index (χ0v) is 13.5. The molecule has 1 heterocycles. The van der Waals surface area contributed by atoms with Crippen molar-refractivity contribution in [3.63, 3.8) is 0 Å². The summed E-state index contributed by atoms with van der Waals surface area (Å²) in [7, 11) is 0. The highest BCUT2D eigenvalue weighted by atomic mass is 79.9. The van der Waals surface area contributed by atoms with Crippen molar-refractivity contribution < 1.29 is 9.59 Å². The number of hydrogen-bond donors (Lipinski definition) is 1. The largest absolute Gasteiger partial charge is 0.322 e. The van der Waals surface area contributed by atoms with E-state index in [9.17, 15) is 9.59 Å². The molecular formula is C17H15BrN2O2. The first-order valence-electron chi connectivity index (χ1n) is 7.11. The average molecular weight is 359 g/mol. The number of hydrogen-bond acceptors (Lipinski definition) is 2. The van der Waals surface area contributed by atoms with Crippen molar-refractivity contribution in [2.75, 3.05) is 16.8 Å². The van der Waals surface area contributed by atoms with Crippen LogP contribution < -0.4 is 10.2 Å². The van der Waals surface area contributed by atoms with Crippen molar-refractivity contribution in [3.8, 4) is 0 Å². The van der Waals surface area contributed by atoms with Gasteiger partial charge in [-0.25, -0.2) is 0 Å². The molecule has 1 N–H and O–H groups in total. The molecule has 2 aromatic rings. The van der Waals surface area contributed by atoms with Crippen LogP contribution in [0.3, 0.4) is 0 Å². The van der Waals surface area contributed by atoms with Crippen LogP contribution in [-0.4, -0.2) is 18.4 Å². The van der Waals surface area contributed by atoms with Gasteiger partial charge in [-0.05, 0) is 55.0 Å². The third kappa shape index (κ3) is 3.20. The first kappa shape index (κ1) is 14.8. The zero-order valence-electron chi connectivity index (χ0n) is 11.9. The third-order valence-corrected chi connectivity index (χ3v) is 4.15. The monoisotopic (exact) mass is 358 g/mol. The summed E-state index contributed by atoms with van der Waals surface area (Å²) < 4.78 is 0.934. The summed E-state index contributed by atoms with van der Waals surface area (Å²) in [4.78, 5) is 25.6. The molecule has 0 aromatic heterocycles. The van der Waals surface area contributed by atoms with Gasteiger partial charge in [0, 0.05) is 34.4 Å². The molecule has 0 aliphatic carbocycles. The Bertz CT molecular complexity index is 696. The minimum atomic E-state index is -0.155. The topological polar surface area (TPSA) is 49.4 Å². The molecule has 5 heteroatoms. The fourth-order valence-electron chi connectivity index (χ4n) is 2.45. The van der Waals surface area contributed by atoms with Gasteiger partial charge >= 0.3 is 0 Å². The van der Waals surface area contributed by atoms with E-state index in [1.54, 1.807) is 17.0 Å². The van der Waals surface area contributed by atoms with Gasteiger partial charge < -0.3 is 10.2 Å². The Morgan fingerprint density at radius 1 is 1.05 bits per heavy atom. The summed E-state index contributed by atoms with van der Waals surface area (Å²) in [6.07, 6.45) is 1.52. The molecule has 0 bridgehead atoms. The maximum absolute atomic E-state index is 12.1. The second-order valence-electron chi connectivity index (χ2n) is 5.16. The molecule has 1 saturated heterocycles. The predicted molar refractivity (Wildman–Crippen MR) is 90.1 cm³/mol. The minimum absolute atomic E-state index is 0.155. The van der Waals surface area contributed by atoms with Crippen LogP contribution >= 0.6 is 15.9 Å². The Kier molecular flexibility index (Phi) is 4.24. The summed E-state index contributed by atoms with van der Waals surface area (Å²) in [6, 6.07) is 14.5. The van der Waals surface area contributed by atoms with Crippen molar-refractivity contribution >= 4 is 39.1 Å². The van der Waals surface area contributed by atoms with E-state index in [1.165, 1.54) is 0 Å². The highest BCUT2D eigenvalue weighted by molar-refractivity contribution is 9.10. The van der Waals surface area contributed by atoms with Crippen LogP contribution in [0.1, 0.15) is 23.2 Å². The average Bonchev–Trinajstić information content (AvgIpc) is 2.95. The van der Waals surface area contributed by atoms with Crippen molar-refractivity contribution in [1.82, 2.24) is 0 Å². The molecule has 0 saturated carbocycles. The lowest BCUT2D eigenvalue weighted by Gasteiger charge is -2.16. The van der Waals surface area contributed by atoms with E-state index in [4.69, 9.17) is 0 Å². The van der Waals surface area contributed by atoms with Crippen molar-refractivity contribution in [2.45, 2.75) is 12.8 Å². The fraction of sp³-hybridized carbons (Fsp3) is 0.176. The number of carbonyl (C=O) groups is 2. The van der Waals surface area contributed by atoms with E-state index < -0.39 is 0 Å². The van der Waals surface area contributed by atoms with Gasteiger partial charge in [-0.15, -0.1) is 0 Å². The van der Waals surface area contributed by atoms with E-state index in [-0.39, 0.29) is 11.8 Å². The lowest BCUT2D eigenvalue weighted by atomic mass is 10.2. The number of halogens is 1. The Morgan fingerprint density at radius 2 is 1.73 bits per heavy atom. The molecular weight excluding hydrogens is 344 g/mol. The molecule has 4 nitrogen and oxygen atoms in total. The SMILES string of the molecule is O=C(Nc1ccc(N2CCCC2=O)cc1)c1ccc(Br)cc1. The highest BCUT2D eigenvalue weighted by Crippen LogP contribution is 2.23. The van der Waals surface area contributed by atoms with Gasteiger partial charge in [0.15, 0.2) is 0 Å². The van der Waals surface area contributed by atoms with Crippen molar-refractivity contribution in [3.05, 3.63) is 58.6 Å². The molecule has 1 fully saturated rings. The van der Waals surface area contributed by atoms with Crippen LogP contribution in [0.5, 0.6) is 0 Å². The molecule has 2 aromatic carbocycles. The predicted octanol–water partition coefficient (Wildman–Crippen LogP) is 3.83. The van der Waals surface area contributed by atoms with Gasteiger partial charge in [0.05, 0.1) is 0 Å². The number of carbonyl (C=O) groups excluding carboxylic acids is 2. The normalized spacial score (nSPS) is 14.2. The summed E-state index contributed by atoms with van der Waals surface area (Å²) in [5.41, 5.74) is 2.19. The van der Waals surface area contributed by atoms with E-state index in [0.717, 1.165) is 23.1 Å². The van der Waals surface area contributed by atoms with Crippen LogP contribution in [0.4, 0.5) is 11.4 Å². The summed E-state index contributed by atoms with van der Waals surface area (Å²) in [6.45, 7) is 0.767. The molecule has 2 amide bonds. The lowest BCUT2D eigenvalue weighted by Crippen LogP contribution is -2.23. The van der Waals surface area contributed by atoms with Crippen molar-refractivity contribution in [2.24, 2.45) is 0 Å². The van der Waals surface area contributed by atoms with E-state index >= 15 is 0 Å². The summed E-state index contributed by atoms with van der Waals surface area (Å²) >= 11 is 3.34. The molecule has 0 radical (unpaired) electrons. The fourth-order valence-corrected chi connectivity index (χ4v) is 2.71. The van der Waals surface area contributed by atoms with E-state index in [2.05, 4.69) is 21.2 Å². The van der Waals surface area contributed by atoms with Gasteiger partial charge in [0.25, 0.3) is 5.91 Å². The Morgan fingerprint density at radius 3 is 2.32 bits per heavy atom. The second-order valence-corrected chi connectivity index (χ2v) is 6.07. The molecule has 1 aliphatic rings. The third-order valence-electron chi connectivity index (χ3n) is 3.62. The molecule has 3 rings (SSSR count). The minimum Gasteiger partial charge on any atom is -0.322 e. The Labute approximate surface area is 137 Å². The smallest absolute Gasteiger partial charge is 0.255 e. The van der Waals surface area contributed by atoms with Crippen LogP contribution in [0.25, 0.3) is 0 Å². The molecule has 1 aliphatic heterocycles. The highest BCUT2D eigenvalue weighted by Gasteiger charge is 2.21. The van der Waals surface area contributed by atoms with Crippen LogP contribution in [0, 0.1) is 0 Å². The van der Waals surface area contributed by atoms with Crippen LogP contribution in [0.2, 0.25) is 0 Å². The molecule has 22 heavy (non-hydrogen) atoms. The number of amides is 2. The number of nitrogens with zero attached hydrogens (tertiary/aromatic N) is 1. The number of rotatable bonds is 3. The van der Waals surface area contributed by atoms with Gasteiger partial charge in [-0.2, -0.15) is 0 Å².